The summed E-state index contributed by atoms with van der Waals surface area (Å²) in [5, 5.41) is 2.24. The van der Waals surface area contributed by atoms with Gasteiger partial charge in [-0.3, -0.25) is 4.79 Å². The van der Waals surface area contributed by atoms with E-state index >= 15 is 0 Å². The lowest BCUT2D eigenvalue weighted by atomic mass is 10.1. The van der Waals surface area contributed by atoms with Crippen LogP contribution in [0.3, 0.4) is 0 Å². The van der Waals surface area contributed by atoms with Crippen LogP contribution in [0.25, 0.3) is 0 Å². The normalized spacial score (nSPS) is 10.5. The van der Waals surface area contributed by atoms with Crippen molar-refractivity contribution in [3.63, 3.8) is 0 Å². The molecule has 0 atom stereocenters. The molecule has 17 heavy (non-hydrogen) atoms. The molecule has 1 nitrogen and oxygen atoms in total. The number of carbonyl (C=O) groups is 1. The number of carbonyl (C=O) groups excluding carboxylic acids is 1. The first-order chi connectivity index (χ1) is 8.08. The minimum atomic E-state index is -0.331. The summed E-state index contributed by atoms with van der Waals surface area (Å²) < 4.78 is 13.5. The number of hydrogen-bond donors (Lipinski definition) is 0. The minimum Gasteiger partial charge on any atom is -0.293 e. The summed E-state index contributed by atoms with van der Waals surface area (Å²) >= 11 is 10.4. The molecule has 0 fully saturated rings. The van der Waals surface area contributed by atoms with Crippen LogP contribution in [0.1, 0.15) is 15.2 Å². The maximum absolute atomic E-state index is 12.9. The van der Waals surface area contributed by atoms with Gasteiger partial charge in [-0.25, -0.2) is 4.39 Å². The van der Waals surface area contributed by atoms with Gasteiger partial charge >= 0.3 is 0 Å². The molecule has 2 aromatic rings. The fraction of sp³-hybridized carbons (Fsp3) is 0.0833. The molecular weight excluding hydrogens is 327 g/mol. The van der Waals surface area contributed by atoms with Crippen molar-refractivity contribution < 1.29 is 9.18 Å². The number of halogens is 3. The monoisotopic (exact) mass is 332 g/mol. The molecule has 0 amide bonds. The van der Waals surface area contributed by atoms with Crippen molar-refractivity contribution in [1.29, 1.82) is 0 Å². The van der Waals surface area contributed by atoms with E-state index < -0.39 is 0 Å². The van der Waals surface area contributed by atoms with E-state index in [9.17, 15) is 9.18 Å². The number of Topliss-reactive ketones (excluding diaryl/α,β-unsaturated/α-hetero) is 1. The molecule has 5 heteroatoms. The third-order valence-corrected chi connectivity index (χ3v) is 4.36. The van der Waals surface area contributed by atoms with Gasteiger partial charge in [0.05, 0.1) is 9.90 Å². The number of rotatable bonds is 3. The number of hydrogen-bond acceptors (Lipinski definition) is 2. The Morgan fingerprint density at radius 3 is 2.76 bits per heavy atom. The Bertz CT molecular complexity index is 567. The van der Waals surface area contributed by atoms with Gasteiger partial charge in [-0.2, -0.15) is 0 Å². The Balaban J connectivity index is 2.22. The maximum atomic E-state index is 12.9. The molecule has 0 unspecified atom stereocenters. The van der Waals surface area contributed by atoms with Crippen LogP contribution in [0.4, 0.5) is 4.39 Å². The van der Waals surface area contributed by atoms with Crippen LogP contribution in [-0.2, 0) is 6.42 Å². The maximum Gasteiger partial charge on any atom is 0.178 e. The second-order valence-electron chi connectivity index (χ2n) is 3.43. The highest BCUT2D eigenvalue weighted by molar-refractivity contribution is 9.10. The van der Waals surface area contributed by atoms with Gasteiger partial charge in [-0.15, -0.1) is 11.3 Å². The molecule has 1 aromatic heterocycles. The zero-order valence-electron chi connectivity index (χ0n) is 8.54. The summed E-state index contributed by atoms with van der Waals surface area (Å²) in [6, 6.07) is 5.97. The molecule has 0 N–H and O–H groups in total. The van der Waals surface area contributed by atoms with Crippen molar-refractivity contribution >= 4 is 44.7 Å². The molecule has 0 aliphatic heterocycles. The first kappa shape index (κ1) is 12.7. The fourth-order valence-corrected chi connectivity index (χ4v) is 3.00. The average Bonchev–Trinajstić information content (AvgIpc) is 2.68. The summed E-state index contributed by atoms with van der Waals surface area (Å²) in [6.45, 7) is 0. The highest BCUT2D eigenvalue weighted by Crippen LogP contribution is 2.25. The van der Waals surface area contributed by atoms with Crippen molar-refractivity contribution in [3.8, 4) is 0 Å². The van der Waals surface area contributed by atoms with Gasteiger partial charge in [0, 0.05) is 10.9 Å². The highest BCUT2D eigenvalue weighted by Gasteiger charge is 2.14. The lowest BCUT2D eigenvalue weighted by Crippen LogP contribution is -2.02. The lowest BCUT2D eigenvalue weighted by Gasteiger charge is -2.03. The summed E-state index contributed by atoms with van der Waals surface area (Å²) in [5.74, 6) is -0.389. The smallest absolute Gasteiger partial charge is 0.178 e. The second-order valence-corrected chi connectivity index (χ2v) is 5.61. The molecule has 88 valence electrons. The Morgan fingerprint density at radius 2 is 2.18 bits per heavy atom. The van der Waals surface area contributed by atoms with E-state index in [2.05, 4.69) is 15.9 Å². The first-order valence-electron chi connectivity index (χ1n) is 4.78. The van der Waals surface area contributed by atoms with E-state index in [0.717, 1.165) is 5.56 Å². The van der Waals surface area contributed by atoms with Crippen molar-refractivity contribution in [2.75, 3.05) is 0 Å². The van der Waals surface area contributed by atoms with Gasteiger partial charge < -0.3 is 0 Å². The third-order valence-electron chi connectivity index (χ3n) is 2.24. The van der Waals surface area contributed by atoms with E-state index in [0.29, 0.717) is 14.4 Å². The molecule has 1 aromatic carbocycles. The molecule has 0 spiro atoms. The van der Waals surface area contributed by atoms with Gasteiger partial charge in [-0.05, 0) is 29.1 Å². The van der Waals surface area contributed by atoms with Crippen molar-refractivity contribution in [3.05, 3.63) is 55.4 Å². The largest absolute Gasteiger partial charge is 0.293 e. The number of benzene rings is 1. The van der Waals surface area contributed by atoms with Crippen LogP contribution in [-0.4, -0.2) is 5.78 Å². The average molecular weight is 334 g/mol. The van der Waals surface area contributed by atoms with Crippen LogP contribution in [0.5, 0.6) is 0 Å². The highest BCUT2D eigenvalue weighted by atomic mass is 79.9. The van der Waals surface area contributed by atoms with Gasteiger partial charge in [0.15, 0.2) is 5.78 Å². The van der Waals surface area contributed by atoms with Gasteiger partial charge in [0.2, 0.25) is 0 Å². The van der Waals surface area contributed by atoms with Crippen molar-refractivity contribution in [2.45, 2.75) is 6.42 Å². The molecule has 0 aliphatic rings. The summed E-state index contributed by atoms with van der Waals surface area (Å²) in [6.07, 6.45) is 0.209. The Hall–Kier alpha value is -0.710. The SMILES string of the molecule is O=C(Cc1ccc(F)cc1Br)c1sccc1Cl. The summed E-state index contributed by atoms with van der Waals surface area (Å²) in [5.41, 5.74) is 0.751. The van der Waals surface area contributed by atoms with Crippen molar-refractivity contribution in [1.82, 2.24) is 0 Å². The number of ketones is 1. The number of thiophene rings is 1. The molecule has 0 saturated carbocycles. The topological polar surface area (TPSA) is 17.1 Å². The standard InChI is InChI=1S/C12H7BrClFOS/c13-9-6-8(15)2-1-7(9)5-11(16)12-10(14)3-4-17-12/h1-4,6H,5H2. The molecule has 2 rings (SSSR count). The zero-order chi connectivity index (χ0) is 12.4. The van der Waals surface area contributed by atoms with Crippen LogP contribution >= 0.6 is 38.9 Å². The second kappa shape index (κ2) is 5.29. The Morgan fingerprint density at radius 1 is 1.41 bits per heavy atom. The predicted molar refractivity (Wildman–Crippen MR) is 71.5 cm³/mol. The predicted octanol–water partition coefficient (Wildman–Crippen LogP) is 4.73. The van der Waals surface area contributed by atoms with Crippen LogP contribution < -0.4 is 0 Å². The van der Waals surface area contributed by atoms with Crippen LogP contribution in [0.2, 0.25) is 5.02 Å². The van der Waals surface area contributed by atoms with Gasteiger partial charge in [0.25, 0.3) is 0 Å². The van der Waals surface area contributed by atoms with Gasteiger partial charge in [0.1, 0.15) is 5.82 Å². The van der Waals surface area contributed by atoms with Crippen LogP contribution in [0.15, 0.2) is 34.1 Å². The van der Waals surface area contributed by atoms with E-state index in [-0.39, 0.29) is 18.0 Å². The van der Waals surface area contributed by atoms with E-state index in [1.807, 2.05) is 0 Å². The first-order valence-corrected chi connectivity index (χ1v) is 6.83. The molecule has 1 heterocycles. The van der Waals surface area contributed by atoms with Gasteiger partial charge in [-0.1, -0.05) is 33.6 Å². The van der Waals surface area contributed by atoms with Crippen LogP contribution in [0, 0.1) is 5.82 Å². The van der Waals surface area contributed by atoms with E-state index in [1.165, 1.54) is 23.5 Å². The zero-order valence-corrected chi connectivity index (χ0v) is 11.7. The molecule has 0 saturated heterocycles. The summed E-state index contributed by atoms with van der Waals surface area (Å²) in [4.78, 5) is 12.5. The van der Waals surface area contributed by atoms with E-state index in [1.54, 1.807) is 17.5 Å². The van der Waals surface area contributed by atoms with E-state index in [4.69, 9.17) is 11.6 Å². The minimum absolute atomic E-state index is 0.0580. The molecule has 0 radical (unpaired) electrons. The summed E-state index contributed by atoms with van der Waals surface area (Å²) in [7, 11) is 0. The Kier molecular flexibility index (Phi) is 3.97. The van der Waals surface area contributed by atoms with Crippen molar-refractivity contribution in [2.24, 2.45) is 0 Å². The Labute approximate surface area is 115 Å². The lowest BCUT2D eigenvalue weighted by molar-refractivity contribution is 0.0997. The molecule has 0 aliphatic carbocycles. The molecule has 0 bridgehead atoms. The quantitative estimate of drug-likeness (QED) is 0.742. The third kappa shape index (κ3) is 2.94. The fourth-order valence-electron chi connectivity index (χ4n) is 1.41. The molecular formula is C12H7BrClFOS.